The summed E-state index contributed by atoms with van der Waals surface area (Å²) in [5.41, 5.74) is 2.55. The molecule has 3 nitrogen and oxygen atoms in total. The summed E-state index contributed by atoms with van der Waals surface area (Å²) in [6.45, 7) is 0.667. The van der Waals surface area contributed by atoms with Crippen molar-refractivity contribution in [3.8, 4) is 5.75 Å². The van der Waals surface area contributed by atoms with Crippen molar-refractivity contribution in [1.29, 1.82) is 0 Å². The van der Waals surface area contributed by atoms with Gasteiger partial charge >= 0.3 is 0 Å². The van der Waals surface area contributed by atoms with Crippen LogP contribution in [0, 0.1) is 0 Å². The molecule has 0 radical (unpaired) electrons. The minimum Gasteiger partial charge on any atom is -0.488 e. The van der Waals surface area contributed by atoms with E-state index in [1.807, 2.05) is 30.1 Å². The molecular weight excluding hydrogens is 250 g/mol. The van der Waals surface area contributed by atoms with Crippen LogP contribution in [0.1, 0.15) is 31.2 Å². The van der Waals surface area contributed by atoms with Crippen molar-refractivity contribution >= 4 is 5.91 Å². The van der Waals surface area contributed by atoms with Crippen molar-refractivity contribution in [1.82, 2.24) is 4.90 Å². The zero-order valence-corrected chi connectivity index (χ0v) is 12.0. The quantitative estimate of drug-likeness (QED) is 0.788. The van der Waals surface area contributed by atoms with Crippen LogP contribution in [-0.2, 0) is 11.2 Å². The van der Waals surface area contributed by atoms with Gasteiger partial charge in [-0.3, -0.25) is 4.79 Å². The average molecular weight is 271 g/mol. The molecule has 0 saturated heterocycles. The van der Waals surface area contributed by atoms with Crippen LogP contribution in [0.3, 0.4) is 0 Å². The van der Waals surface area contributed by atoms with Crippen LogP contribution in [0.25, 0.3) is 0 Å². The Morgan fingerprint density at radius 2 is 2.25 bits per heavy atom. The molecule has 0 saturated carbocycles. The third-order valence-electron chi connectivity index (χ3n) is 4.13. The molecule has 1 aliphatic carbocycles. The van der Waals surface area contributed by atoms with Crippen LogP contribution in [0.15, 0.2) is 35.9 Å². The van der Waals surface area contributed by atoms with Gasteiger partial charge in [0.2, 0.25) is 5.91 Å². The Morgan fingerprint density at radius 3 is 3.00 bits per heavy atom. The van der Waals surface area contributed by atoms with Crippen molar-refractivity contribution in [2.75, 3.05) is 13.6 Å². The topological polar surface area (TPSA) is 29.5 Å². The van der Waals surface area contributed by atoms with Crippen molar-refractivity contribution in [2.45, 2.75) is 38.2 Å². The number of benzene rings is 1. The summed E-state index contributed by atoms with van der Waals surface area (Å²) in [6, 6.07) is 8.12. The fraction of sp³-hybridized carbons (Fsp3) is 0.471. The fourth-order valence-corrected chi connectivity index (χ4v) is 2.99. The van der Waals surface area contributed by atoms with E-state index in [0.29, 0.717) is 13.0 Å². The number of allylic oxidation sites excluding steroid dienone is 1. The van der Waals surface area contributed by atoms with Gasteiger partial charge in [-0.1, -0.05) is 29.8 Å². The van der Waals surface area contributed by atoms with Gasteiger partial charge in [0.1, 0.15) is 11.9 Å². The number of hydrogen-bond donors (Lipinski definition) is 0. The Balaban J connectivity index is 1.52. The predicted molar refractivity (Wildman–Crippen MR) is 78.8 cm³/mol. The first-order chi connectivity index (χ1) is 9.72. The predicted octanol–water partition coefficient (Wildman–Crippen LogP) is 2.95. The first-order valence-corrected chi connectivity index (χ1v) is 7.39. The van der Waals surface area contributed by atoms with Crippen LogP contribution in [-0.4, -0.2) is 30.5 Å². The minimum absolute atomic E-state index is 0.0962. The van der Waals surface area contributed by atoms with Crippen LogP contribution in [0.5, 0.6) is 5.75 Å². The molecule has 1 atom stereocenters. The maximum Gasteiger partial charge on any atom is 0.226 e. The van der Waals surface area contributed by atoms with Gasteiger partial charge in [-0.15, -0.1) is 0 Å². The second kappa shape index (κ2) is 5.70. The Morgan fingerprint density at radius 1 is 1.40 bits per heavy atom. The Labute approximate surface area is 120 Å². The van der Waals surface area contributed by atoms with Crippen molar-refractivity contribution in [3.63, 3.8) is 0 Å². The number of ether oxygens (including phenoxy) is 1. The highest BCUT2D eigenvalue weighted by atomic mass is 16.5. The SMILES string of the molecule is CN(C[C@H]1Cc2ccccc2O1)C(=O)CC1=CCCC1. The lowest BCUT2D eigenvalue weighted by Crippen LogP contribution is -2.36. The van der Waals surface area contributed by atoms with E-state index in [1.165, 1.54) is 17.6 Å². The molecule has 2 aliphatic rings. The molecule has 0 bridgehead atoms. The van der Waals surface area contributed by atoms with E-state index in [2.05, 4.69) is 12.1 Å². The van der Waals surface area contributed by atoms with E-state index in [0.717, 1.165) is 25.0 Å². The number of likely N-dealkylation sites (N-methyl/N-ethyl adjacent to an activating group) is 1. The lowest BCUT2D eigenvalue weighted by Gasteiger charge is -2.21. The molecule has 0 unspecified atom stereocenters. The highest BCUT2D eigenvalue weighted by Gasteiger charge is 2.25. The number of para-hydroxylation sites is 1. The van der Waals surface area contributed by atoms with Gasteiger partial charge < -0.3 is 9.64 Å². The molecule has 0 spiro atoms. The number of hydrogen-bond acceptors (Lipinski definition) is 2. The molecule has 20 heavy (non-hydrogen) atoms. The molecule has 0 fully saturated rings. The number of nitrogens with zero attached hydrogens (tertiary/aromatic N) is 1. The van der Waals surface area contributed by atoms with Gasteiger partial charge in [-0.25, -0.2) is 0 Å². The number of carbonyl (C=O) groups excluding carboxylic acids is 1. The van der Waals surface area contributed by atoms with E-state index in [4.69, 9.17) is 4.74 Å². The summed E-state index contributed by atoms with van der Waals surface area (Å²) in [6.07, 6.45) is 7.21. The summed E-state index contributed by atoms with van der Waals surface area (Å²) < 4.78 is 5.89. The van der Waals surface area contributed by atoms with E-state index >= 15 is 0 Å². The van der Waals surface area contributed by atoms with Gasteiger partial charge in [0, 0.05) is 19.9 Å². The van der Waals surface area contributed by atoms with Gasteiger partial charge in [-0.05, 0) is 30.9 Å². The maximum absolute atomic E-state index is 12.2. The Bertz CT molecular complexity index is 511. The summed E-state index contributed by atoms with van der Waals surface area (Å²) in [4.78, 5) is 14.0. The summed E-state index contributed by atoms with van der Waals surface area (Å²) in [7, 11) is 1.88. The van der Waals surface area contributed by atoms with Gasteiger partial charge in [0.25, 0.3) is 0 Å². The van der Waals surface area contributed by atoms with Crippen molar-refractivity contribution < 1.29 is 9.53 Å². The molecule has 3 rings (SSSR count). The number of fused-ring (bicyclic) bond motifs is 1. The molecule has 0 N–H and O–H groups in total. The normalized spacial score (nSPS) is 20.2. The van der Waals surface area contributed by atoms with Crippen LogP contribution >= 0.6 is 0 Å². The lowest BCUT2D eigenvalue weighted by atomic mass is 10.1. The van der Waals surface area contributed by atoms with Crippen LogP contribution in [0.2, 0.25) is 0 Å². The molecule has 1 heterocycles. The molecule has 3 heteroatoms. The largest absolute Gasteiger partial charge is 0.488 e. The fourth-order valence-electron chi connectivity index (χ4n) is 2.99. The van der Waals surface area contributed by atoms with Gasteiger partial charge in [-0.2, -0.15) is 0 Å². The molecule has 1 aromatic carbocycles. The second-order valence-corrected chi connectivity index (χ2v) is 5.76. The zero-order chi connectivity index (χ0) is 13.9. The summed E-state index contributed by atoms with van der Waals surface area (Å²) in [5, 5.41) is 0. The maximum atomic E-state index is 12.2. The average Bonchev–Trinajstić information content (AvgIpc) is 3.06. The molecule has 106 valence electrons. The molecule has 1 aromatic rings. The summed E-state index contributed by atoms with van der Waals surface area (Å²) in [5.74, 6) is 1.18. The number of rotatable bonds is 4. The van der Waals surface area contributed by atoms with E-state index in [-0.39, 0.29) is 12.0 Å². The van der Waals surface area contributed by atoms with E-state index in [9.17, 15) is 4.79 Å². The molecule has 1 amide bonds. The highest BCUT2D eigenvalue weighted by molar-refractivity contribution is 5.78. The van der Waals surface area contributed by atoms with Crippen LogP contribution in [0.4, 0.5) is 0 Å². The molecule has 1 aliphatic heterocycles. The number of amides is 1. The third kappa shape index (κ3) is 2.87. The highest BCUT2D eigenvalue weighted by Crippen LogP contribution is 2.28. The first kappa shape index (κ1) is 13.2. The van der Waals surface area contributed by atoms with Crippen LogP contribution < -0.4 is 4.74 Å². The minimum atomic E-state index is 0.0962. The third-order valence-corrected chi connectivity index (χ3v) is 4.13. The van der Waals surface area contributed by atoms with Gasteiger partial charge in [0.05, 0.1) is 6.54 Å². The first-order valence-electron chi connectivity index (χ1n) is 7.39. The second-order valence-electron chi connectivity index (χ2n) is 5.76. The number of carbonyl (C=O) groups is 1. The smallest absolute Gasteiger partial charge is 0.226 e. The monoisotopic (exact) mass is 271 g/mol. The Kier molecular flexibility index (Phi) is 3.77. The zero-order valence-electron chi connectivity index (χ0n) is 12.0. The van der Waals surface area contributed by atoms with E-state index < -0.39 is 0 Å². The van der Waals surface area contributed by atoms with Crippen molar-refractivity contribution in [3.05, 3.63) is 41.5 Å². The summed E-state index contributed by atoms with van der Waals surface area (Å²) >= 11 is 0. The molecular formula is C17H21NO2. The molecule has 0 aromatic heterocycles. The lowest BCUT2D eigenvalue weighted by molar-refractivity contribution is -0.130. The standard InChI is InChI=1S/C17H21NO2/c1-18(17(19)10-13-6-2-3-7-13)12-15-11-14-8-4-5-9-16(14)20-15/h4-6,8-9,15H,2-3,7,10-12H2,1H3/t15-/m1/s1. The van der Waals surface area contributed by atoms with Gasteiger partial charge in [0.15, 0.2) is 0 Å². The Hall–Kier alpha value is -1.77. The van der Waals surface area contributed by atoms with E-state index in [1.54, 1.807) is 0 Å². The van der Waals surface area contributed by atoms with Crippen molar-refractivity contribution in [2.24, 2.45) is 0 Å².